The molecule has 1 aliphatic rings. The van der Waals surface area contributed by atoms with E-state index >= 15 is 0 Å². The lowest BCUT2D eigenvalue weighted by molar-refractivity contribution is -0.137. The monoisotopic (exact) mass is 416 g/mol. The van der Waals surface area contributed by atoms with Crippen LogP contribution in [0.1, 0.15) is 11.4 Å². The van der Waals surface area contributed by atoms with E-state index in [4.69, 9.17) is 4.74 Å². The van der Waals surface area contributed by atoms with Crippen LogP contribution in [0.5, 0.6) is 5.88 Å². The molecule has 1 saturated heterocycles. The number of hydrogen-bond donors (Lipinski definition) is 0. The van der Waals surface area contributed by atoms with E-state index in [0.29, 0.717) is 30.6 Å². The number of nitrogens with zero attached hydrogens (tertiary/aromatic N) is 4. The van der Waals surface area contributed by atoms with Crippen molar-refractivity contribution in [1.82, 2.24) is 14.3 Å². The smallest absolute Gasteiger partial charge is 0.416 e. The molecule has 1 fully saturated rings. The van der Waals surface area contributed by atoms with Gasteiger partial charge in [0, 0.05) is 32.2 Å². The summed E-state index contributed by atoms with van der Waals surface area (Å²) in [4.78, 5) is 10.2. The number of aryl methyl sites for hydroxylation is 1. The molecule has 3 rings (SSSR count). The second kappa shape index (κ2) is 7.55. The van der Waals surface area contributed by atoms with E-state index in [0.717, 1.165) is 24.3 Å². The maximum atomic E-state index is 12.7. The average Bonchev–Trinajstić information content (AvgIpc) is 2.67. The molecule has 0 atom stereocenters. The van der Waals surface area contributed by atoms with Crippen molar-refractivity contribution < 1.29 is 26.3 Å². The molecule has 152 valence electrons. The third kappa shape index (κ3) is 4.20. The van der Waals surface area contributed by atoms with Crippen molar-refractivity contribution in [2.75, 3.05) is 38.2 Å². The maximum absolute atomic E-state index is 12.7. The van der Waals surface area contributed by atoms with Crippen molar-refractivity contribution in [3.63, 3.8) is 0 Å². The summed E-state index contributed by atoms with van der Waals surface area (Å²) in [5.74, 6) is 1.59. The second-order valence-corrected chi connectivity index (χ2v) is 8.17. The molecule has 0 radical (unpaired) electrons. The molecule has 0 saturated carbocycles. The van der Waals surface area contributed by atoms with Crippen molar-refractivity contribution in [3.8, 4) is 5.88 Å². The molecule has 11 heteroatoms. The predicted molar refractivity (Wildman–Crippen MR) is 95.7 cm³/mol. The van der Waals surface area contributed by atoms with Crippen LogP contribution in [0.3, 0.4) is 0 Å². The molecular weight excluding hydrogens is 397 g/mol. The van der Waals surface area contributed by atoms with Crippen molar-refractivity contribution in [3.05, 3.63) is 41.7 Å². The first-order chi connectivity index (χ1) is 13.1. The fourth-order valence-electron chi connectivity index (χ4n) is 2.91. The minimum atomic E-state index is -4.51. The summed E-state index contributed by atoms with van der Waals surface area (Å²) < 4.78 is 69.9. The molecule has 0 bridgehead atoms. The van der Waals surface area contributed by atoms with E-state index in [2.05, 4.69) is 9.97 Å². The van der Waals surface area contributed by atoms with E-state index in [1.165, 1.54) is 11.4 Å². The third-order valence-electron chi connectivity index (χ3n) is 4.39. The van der Waals surface area contributed by atoms with Crippen LogP contribution in [0.15, 0.2) is 35.2 Å². The molecule has 0 amide bonds. The lowest BCUT2D eigenvalue weighted by atomic mass is 10.2. The Kier molecular flexibility index (Phi) is 5.48. The van der Waals surface area contributed by atoms with Gasteiger partial charge in [0.05, 0.1) is 17.6 Å². The van der Waals surface area contributed by atoms with Crippen LogP contribution in [0.2, 0.25) is 0 Å². The molecule has 2 aromatic rings. The fraction of sp³-hybridized carbons (Fsp3) is 0.412. The summed E-state index contributed by atoms with van der Waals surface area (Å²) in [6.07, 6.45) is -4.51. The largest absolute Gasteiger partial charge is 0.481 e. The second-order valence-electron chi connectivity index (χ2n) is 6.23. The number of ether oxygens (including phenoxy) is 1. The Labute approximate surface area is 160 Å². The third-order valence-corrected chi connectivity index (χ3v) is 6.30. The van der Waals surface area contributed by atoms with Gasteiger partial charge in [0.15, 0.2) is 0 Å². The van der Waals surface area contributed by atoms with Crippen LogP contribution >= 0.6 is 0 Å². The van der Waals surface area contributed by atoms with Crippen molar-refractivity contribution in [2.45, 2.75) is 18.0 Å². The number of rotatable bonds is 4. The van der Waals surface area contributed by atoms with Crippen molar-refractivity contribution in [2.24, 2.45) is 0 Å². The Bertz CT molecular complexity index is 941. The van der Waals surface area contributed by atoms with Gasteiger partial charge in [-0.1, -0.05) is 0 Å². The zero-order chi connectivity index (χ0) is 20.5. The molecular formula is C17H19F3N4O3S. The minimum Gasteiger partial charge on any atom is -0.481 e. The number of hydrogen-bond acceptors (Lipinski definition) is 6. The molecule has 1 aliphatic heterocycles. The summed E-state index contributed by atoms with van der Waals surface area (Å²) in [6, 6.07) is 5.21. The number of anilines is 1. The summed E-state index contributed by atoms with van der Waals surface area (Å²) in [5, 5.41) is 0. The number of methoxy groups -OCH3 is 1. The molecule has 1 aromatic heterocycles. The van der Waals surface area contributed by atoms with Crippen LogP contribution in [0.25, 0.3) is 0 Å². The number of benzene rings is 1. The zero-order valence-corrected chi connectivity index (χ0v) is 16.1. The summed E-state index contributed by atoms with van der Waals surface area (Å²) in [5.41, 5.74) is -0.885. The first kappa shape index (κ1) is 20.3. The van der Waals surface area contributed by atoms with E-state index in [1.54, 1.807) is 13.0 Å². The Morgan fingerprint density at radius 1 is 1.04 bits per heavy atom. The van der Waals surface area contributed by atoms with Gasteiger partial charge in [-0.25, -0.2) is 13.4 Å². The van der Waals surface area contributed by atoms with Crippen LogP contribution in [-0.4, -0.2) is 56.0 Å². The first-order valence-electron chi connectivity index (χ1n) is 8.43. The SMILES string of the molecule is COc1cc(N2CCN(S(=O)(=O)c3ccc(C(F)(F)F)cc3)CC2)nc(C)n1. The van der Waals surface area contributed by atoms with Crippen molar-refractivity contribution >= 4 is 15.8 Å². The Hall–Kier alpha value is -2.40. The molecule has 28 heavy (non-hydrogen) atoms. The molecule has 0 N–H and O–H groups in total. The number of sulfonamides is 1. The van der Waals surface area contributed by atoms with E-state index in [1.807, 2.05) is 4.90 Å². The van der Waals surface area contributed by atoms with Gasteiger partial charge in [0.1, 0.15) is 11.6 Å². The van der Waals surface area contributed by atoms with Gasteiger partial charge >= 0.3 is 6.18 Å². The maximum Gasteiger partial charge on any atom is 0.416 e. The van der Waals surface area contributed by atoms with Gasteiger partial charge in [0.25, 0.3) is 0 Å². The van der Waals surface area contributed by atoms with Gasteiger partial charge in [-0.15, -0.1) is 0 Å². The summed E-state index contributed by atoms with van der Waals surface area (Å²) >= 11 is 0. The molecule has 1 aromatic carbocycles. The number of halogens is 3. The molecule has 0 unspecified atom stereocenters. The molecule has 7 nitrogen and oxygen atoms in total. The Balaban J connectivity index is 1.72. The molecule has 0 spiro atoms. The highest BCUT2D eigenvalue weighted by Gasteiger charge is 2.32. The standard InChI is InChI=1S/C17H19F3N4O3S/c1-12-21-15(11-16(22-12)27-2)23-7-9-24(10-8-23)28(25,26)14-5-3-13(4-6-14)17(18,19)20/h3-6,11H,7-10H2,1-2H3. The Morgan fingerprint density at radius 2 is 1.64 bits per heavy atom. The van der Waals surface area contributed by atoms with E-state index in [-0.39, 0.29) is 18.0 Å². The highest BCUT2D eigenvalue weighted by Crippen LogP contribution is 2.30. The predicted octanol–water partition coefficient (Wildman–Crippen LogP) is 2.32. The minimum absolute atomic E-state index is 0.159. The van der Waals surface area contributed by atoms with Gasteiger partial charge in [-0.2, -0.15) is 22.5 Å². The number of alkyl halides is 3. The van der Waals surface area contributed by atoms with Crippen molar-refractivity contribution in [1.29, 1.82) is 0 Å². The Morgan fingerprint density at radius 3 is 2.18 bits per heavy atom. The topological polar surface area (TPSA) is 75.6 Å². The number of piperazine rings is 1. The van der Waals surface area contributed by atoms with Crippen LogP contribution < -0.4 is 9.64 Å². The zero-order valence-electron chi connectivity index (χ0n) is 15.3. The summed E-state index contributed by atoms with van der Waals surface area (Å²) in [6.45, 7) is 2.89. The van der Waals surface area contributed by atoms with Gasteiger partial charge in [-0.3, -0.25) is 0 Å². The lowest BCUT2D eigenvalue weighted by Crippen LogP contribution is -2.49. The van der Waals surface area contributed by atoms with Crippen LogP contribution in [-0.2, 0) is 16.2 Å². The normalized spacial score (nSPS) is 16.2. The van der Waals surface area contributed by atoms with Crippen LogP contribution in [0, 0.1) is 6.92 Å². The van der Waals surface area contributed by atoms with Gasteiger partial charge in [0.2, 0.25) is 15.9 Å². The molecule has 0 aliphatic carbocycles. The lowest BCUT2D eigenvalue weighted by Gasteiger charge is -2.34. The summed E-state index contributed by atoms with van der Waals surface area (Å²) in [7, 11) is -2.37. The highest BCUT2D eigenvalue weighted by molar-refractivity contribution is 7.89. The average molecular weight is 416 g/mol. The van der Waals surface area contributed by atoms with Gasteiger partial charge < -0.3 is 9.64 Å². The highest BCUT2D eigenvalue weighted by atomic mass is 32.2. The van der Waals surface area contributed by atoms with Crippen LogP contribution in [0.4, 0.5) is 19.0 Å². The van der Waals surface area contributed by atoms with E-state index < -0.39 is 21.8 Å². The van der Waals surface area contributed by atoms with Gasteiger partial charge in [-0.05, 0) is 31.2 Å². The number of aromatic nitrogens is 2. The first-order valence-corrected chi connectivity index (χ1v) is 9.87. The van der Waals surface area contributed by atoms with E-state index in [9.17, 15) is 21.6 Å². The molecule has 2 heterocycles. The quantitative estimate of drug-likeness (QED) is 0.762. The fourth-order valence-corrected chi connectivity index (χ4v) is 4.34.